The number of benzene rings is 2. The fourth-order valence-electron chi connectivity index (χ4n) is 3.46. The molecule has 4 aromatic rings. The van der Waals surface area contributed by atoms with Gasteiger partial charge in [-0.2, -0.15) is 0 Å². The second kappa shape index (κ2) is 9.14. The zero-order chi connectivity index (χ0) is 21.8. The summed E-state index contributed by atoms with van der Waals surface area (Å²) in [7, 11) is 0. The van der Waals surface area contributed by atoms with E-state index in [1.165, 1.54) is 4.57 Å². The molecule has 31 heavy (non-hydrogen) atoms. The molecule has 0 saturated carbocycles. The highest BCUT2D eigenvalue weighted by molar-refractivity contribution is 6.30. The van der Waals surface area contributed by atoms with Gasteiger partial charge in [-0.05, 0) is 43.2 Å². The summed E-state index contributed by atoms with van der Waals surface area (Å²) < 4.78 is 3.18. The lowest BCUT2D eigenvalue weighted by atomic mass is 10.1. The zero-order valence-corrected chi connectivity index (χ0v) is 17.8. The molecule has 4 rings (SSSR count). The number of rotatable bonds is 7. The first-order valence-corrected chi connectivity index (χ1v) is 10.5. The number of fused-ring (bicyclic) bond motifs is 1. The Kier molecular flexibility index (Phi) is 6.13. The van der Waals surface area contributed by atoms with Crippen LogP contribution in [-0.2, 0) is 11.2 Å². The van der Waals surface area contributed by atoms with Crippen molar-refractivity contribution in [3.8, 4) is 5.69 Å². The van der Waals surface area contributed by atoms with Crippen LogP contribution in [0.4, 0.5) is 0 Å². The minimum Gasteiger partial charge on any atom is -0.350 e. The number of nitrogens with one attached hydrogen (secondary N) is 1. The molecule has 1 unspecified atom stereocenters. The normalized spacial score (nSPS) is 12.1. The molecule has 158 valence electrons. The van der Waals surface area contributed by atoms with Crippen LogP contribution in [0.5, 0.6) is 0 Å². The third kappa shape index (κ3) is 4.67. The lowest BCUT2D eigenvalue weighted by molar-refractivity contribution is -0.121. The molecule has 1 N–H and O–H groups in total. The Morgan fingerprint density at radius 2 is 1.81 bits per heavy atom. The highest BCUT2D eigenvalue weighted by atomic mass is 35.5. The molecule has 8 heteroatoms. The Bertz CT molecular complexity index is 1250. The number of halogens is 1. The number of aryl methyl sites for hydroxylation is 1. The molecule has 0 radical (unpaired) electrons. The zero-order valence-electron chi connectivity index (χ0n) is 17.0. The summed E-state index contributed by atoms with van der Waals surface area (Å²) in [6, 6.07) is 16.8. The monoisotopic (exact) mass is 435 g/mol. The molecule has 2 aromatic carbocycles. The summed E-state index contributed by atoms with van der Waals surface area (Å²) in [5.74, 6) is 0.634. The quantitative estimate of drug-likeness (QED) is 0.479. The maximum Gasteiger partial charge on any atom is 0.300 e. The Morgan fingerprint density at radius 3 is 2.55 bits per heavy atom. The van der Waals surface area contributed by atoms with Crippen LogP contribution in [0.1, 0.15) is 37.2 Å². The van der Waals surface area contributed by atoms with E-state index in [1.54, 1.807) is 41.1 Å². The van der Waals surface area contributed by atoms with Crippen molar-refractivity contribution in [3.05, 3.63) is 93.8 Å². The highest BCUT2D eigenvalue weighted by Crippen LogP contribution is 2.14. The number of hydrogen-bond acceptors (Lipinski definition) is 4. The molecule has 1 atom stereocenters. The molecule has 0 aliphatic rings. The van der Waals surface area contributed by atoms with Crippen molar-refractivity contribution in [3.63, 3.8) is 0 Å². The summed E-state index contributed by atoms with van der Waals surface area (Å²) in [5.41, 5.74) is 1.74. The van der Waals surface area contributed by atoms with Crippen molar-refractivity contribution < 1.29 is 4.79 Å². The molecule has 2 aromatic heterocycles. The number of carbonyl (C=O) groups excluding carboxylic acids is 1. The van der Waals surface area contributed by atoms with Gasteiger partial charge in [-0.1, -0.05) is 41.9 Å². The number of carbonyl (C=O) groups is 1. The summed E-state index contributed by atoms with van der Waals surface area (Å²) in [5, 5.41) is 11.8. The molecular formula is C23H22ClN5O2. The van der Waals surface area contributed by atoms with Gasteiger partial charge in [0.15, 0.2) is 0 Å². The van der Waals surface area contributed by atoms with Crippen LogP contribution in [0.3, 0.4) is 0 Å². The molecule has 0 fully saturated rings. The minimum absolute atomic E-state index is 0.0183. The van der Waals surface area contributed by atoms with Gasteiger partial charge in [-0.3, -0.25) is 18.6 Å². The first-order valence-electron chi connectivity index (χ1n) is 10.1. The summed E-state index contributed by atoms with van der Waals surface area (Å²) in [6.45, 7) is 1.96. The Balaban J connectivity index is 1.40. The van der Waals surface area contributed by atoms with Gasteiger partial charge in [0.05, 0.1) is 6.04 Å². The van der Waals surface area contributed by atoms with Gasteiger partial charge in [-0.15, -0.1) is 10.2 Å². The van der Waals surface area contributed by atoms with E-state index in [4.69, 9.17) is 11.6 Å². The van der Waals surface area contributed by atoms with E-state index in [0.29, 0.717) is 35.8 Å². The highest BCUT2D eigenvalue weighted by Gasteiger charge is 2.13. The van der Waals surface area contributed by atoms with Gasteiger partial charge in [0, 0.05) is 35.9 Å². The third-order valence-corrected chi connectivity index (χ3v) is 5.38. The Labute approximate surface area is 184 Å². The van der Waals surface area contributed by atoms with Gasteiger partial charge < -0.3 is 5.32 Å². The van der Waals surface area contributed by atoms with Crippen LogP contribution < -0.4 is 10.9 Å². The summed E-state index contributed by atoms with van der Waals surface area (Å²) >= 11 is 5.92. The maximum atomic E-state index is 12.8. The minimum atomic E-state index is -0.266. The molecule has 0 aliphatic heterocycles. The fraction of sp³-hybridized carbons (Fsp3) is 0.217. The van der Waals surface area contributed by atoms with E-state index in [2.05, 4.69) is 15.5 Å². The van der Waals surface area contributed by atoms with E-state index >= 15 is 0 Å². The topological polar surface area (TPSA) is 81.3 Å². The smallest absolute Gasteiger partial charge is 0.300 e. The standard InChI is InChI=1S/C23H22ClN5O2/c1-16(17-6-3-2-4-7-17)25-21(30)9-5-8-20-26-27-22-23(31)28(14-15-29(20)22)19-12-10-18(24)11-13-19/h2-4,6-7,10-16H,5,8-9H2,1H3,(H,25,30). The third-order valence-electron chi connectivity index (χ3n) is 5.13. The Hall–Kier alpha value is -3.45. The van der Waals surface area contributed by atoms with Crippen LogP contribution >= 0.6 is 11.6 Å². The Morgan fingerprint density at radius 1 is 1.06 bits per heavy atom. The van der Waals surface area contributed by atoms with Crippen molar-refractivity contribution in [2.75, 3.05) is 0 Å². The number of nitrogens with zero attached hydrogens (tertiary/aromatic N) is 4. The van der Waals surface area contributed by atoms with E-state index in [9.17, 15) is 9.59 Å². The van der Waals surface area contributed by atoms with Crippen molar-refractivity contribution in [2.24, 2.45) is 0 Å². The lowest BCUT2D eigenvalue weighted by Crippen LogP contribution is -2.26. The van der Waals surface area contributed by atoms with Crippen LogP contribution in [0.2, 0.25) is 5.02 Å². The van der Waals surface area contributed by atoms with Gasteiger partial charge in [-0.25, -0.2) is 0 Å². The van der Waals surface area contributed by atoms with E-state index in [1.807, 2.05) is 37.3 Å². The predicted octanol–water partition coefficient (Wildman–Crippen LogP) is 3.73. The predicted molar refractivity (Wildman–Crippen MR) is 120 cm³/mol. The van der Waals surface area contributed by atoms with Gasteiger partial charge in [0.25, 0.3) is 0 Å². The number of amides is 1. The van der Waals surface area contributed by atoms with Gasteiger partial charge in [0.2, 0.25) is 11.6 Å². The number of aromatic nitrogens is 4. The fourth-order valence-corrected chi connectivity index (χ4v) is 3.58. The molecule has 2 heterocycles. The van der Waals surface area contributed by atoms with Crippen molar-refractivity contribution >= 4 is 23.2 Å². The molecule has 0 aliphatic carbocycles. The average molecular weight is 436 g/mol. The van der Waals surface area contributed by atoms with Gasteiger partial charge >= 0.3 is 5.56 Å². The number of hydrogen-bond donors (Lipinski definition) is 1. The second-order valence-electron chi connectivity index (χ2n) is 7.31. The summed E-state index contributed by atoms with van der Waals surface area (Å²) in [6.07, 6.45) is 4.96. The molecule has 0 spiro atoms. The van der Waals surface area contributed by atoms with Crippen LogP contribution in [0.15, 0.2) is 71.8 Å². The van der Waals surface area contributed by atoms with Crippen molar-refractivity contribution in [1.29, 1.82) is 0 Å². The average Bonchev–Trinajstić information content (AvgIpc) is 3.19. The second-order valence-corrected chi connectivity index (χ2v) is 7.75. The van der Waals surface area contributed by atoms with Crippen molar-refractivity contribution in [1.82, 2.24) is 24.5 Å². The van der Waals surface area contributed by atoms with E-state index in [-0.39, 0.29) is 23.2 Å². The molecular weight excluding hydrogens is 414 g/mol. The van der Waals surface area contributed by atoms with Crippen molar-refractivity contribution in [2.45, 2.75) is 32.2 Å². The lowest BCUT2D eigenvalue weighted by Gasteiger charge is -2.14. The largest absolute Gasteiger partial charge is 0.350 e. The first kappa shape index (κ1) is 20.8. The molecule has 0 bridgehead atoms. The van der Waals surface area contributed by atoms with Crippen LogP contribution in [-0.4, -0.2) is 25.1 Å². The van der Waals surface area contributed by atoms with Crippen LogP contribution in [0, 0.1) is 0 Å². The summed E-state index contributed by atoms with van der Waals surface area (Å²) in [4.78, 5) is 25.1. The van der Waals surface area contributed by atoms with E-state index < -0.39 is 0 Å². The molecule has 1 amide bonds. The van der Waals surface area contributed by atoms with Gasteiger partial charge in [0.1, 0.15) is 5.82 Å². The molecule has 0 saturated heterocycles. The first-order chi connectivity index (χ1) is 15.0. The SMILES string of the molecule is CC(NC(=O)CCCc1nnc2c(=O)n(-c3ccc(Cl)cc3)ccn12)c1ccccc1. The maximum absolute atomic E-state index is 12.8. The molecule has 7 nitrogen and oxygen atoms in total. The van der Waals surface area contributed by atoms with Crippen LogP contribution in [0.25, 0.3) is 11.3 Å². The van der Waals surface area contributed by atoms with E-state index in [0.717, 1.165) is 5.56 Å².